The number of aromatic nitrogens is 1. The van der Waals surface area contributed by atoms with Crippen molar-refractivity contribution in [2.24, 2.45) is 0 Å². The third kappa shape index (κ3) is 6.39. The molecule has 0 aliphatic carbocycles. The van der Waals surface area contributed by atoms with Gasteiger partial charge < -0.3 is 10.2 Å². The highest BCUT2D eigenvalue weighted by molar-refractivity contribution is 5.09. The van der Waals surface area contributed by atoms with Gasteiger partial charge in [0, 0.05) is 25.0 Å². The van der Waals surface area contributed by atoms with Crippen LogP contribution < -0.4 is 5.32 Å². The average Bonchev–Trinajstić information content (AvgIpc) is 2.30. The van der Waals surface area contributed by atoms with E-state index in [-0.39, 0.29) is 0 Å². The van der Waals surface area contributed by atoms with Gasteiger partial charge in [-0.25, -0.2) is 0 Å². The van der Waals surface area contributed by atoms with E-state index in [0.717, 1.165) is 19.6 Å². The van der Waals surface area contributed by atoms with Crippen LogP contribution in [0.1, 0.15) is 32.3 Å². The van der Waals surface area contributed by atoms with E-state index in [0.29, 0.717) is 6.04 Å². The van der Waals surface area contributed by atoms with Crippen LogP contribution >= 0.6 is 0 Å². The van der Waals surface area contributed by atoms with E-state index in [4.69, 9.17) is 0 Å². The summed E-state index contributed by atoms with van der Waals surface area (Å²) in [7, 11) is 2.18. The lowest BCUT2D eigenvalue weighted by molar-refractivity contribution is 0.311. The number of rotatable bonds is 8. The summed E-state index contributed by atoms with van der Waals surface area (Å²) in [4.78, 5) is 6.40. The van der Waals surface area contributed by atoms with E-state index < -0.39 is 0 Å². The summed E-state index contributed by atoms with van der Waals surface area (Å²) in [6.07, 6.45) is 6.21. The first-order valence-electron chi connectivity index (χ1n) is 6.53. The Morgan fingerprint density at radius 1 is 1.35 bits per heavy atom. The standard InChI is InChI=1S/C14H25N3/c1-4-16-13(2)6-5-11-17(3)12-14-7-9-15-10-8-14/h7-10,13,16H,4-6,11-12H2,1-3H3. The van der Waals surface area contributed by atoms with Crippen molar-refractivity contribution in [1.29, 1.82) is 0 Å². The molecule has 17 heavy (non-hydrogen) atoms. The Morgan fingerprint density at radius 3 is 2.71 bits per heavy atom. The molecule has 1 rings (SSSR count). The molecular weight excluding hydrogens is 210 g/mol. The van der Waals surface area contributed by atoms with Crippen LogP contribution in [0.5, 0.6) is 0 Å². The summed E-state index contributed by atoms with van der Waals surface area (Å²) in [5.74, 6) is 0. The van der Waals surface area contributed by atoms with Crippen molar-refractivity contribution in [2.75, 3.05) is 20.1 Å². The maximum absolute atomic E-state index is 4.03. The molecule has 96 valence electrons. The van der Waals surface area contributed by atoms with Crippen molar-refractivity contribution < 1.29 is 0 Å². The highest BCUT2D eigenvalue weighted by Crippen LogP contribution is 2.03. The van der Waals surface area contributed by atoms with Crippen LogP contribution in [0, 0.1) is 0 Å². The summed E-state index contributed by atoms with van der Waals surface area (Å²) in [5, 5.41) is 3.44. The van der Waals surface area contributed by atoms with Crippen LogP contribution in [-0.4, -0.2) is 36.1 Å². The van der Waals surface area contributed by atoms with Gasteiger partial charge in [-0.05, 0) is 57.6 Å². The largest absolute Gasteiger partial charge is 0.315 e. The second-order valence-electron chi connectivity index (χ2n) is 4.69. The first-order chi connectivity index (χ1) is 8.22. The summed E-state index contributed by atoms with van der Waals surface area (Å²) in [6, 6.07) is 4.80. The van der Waals surface area contributed by atoms with Gasteiger partial charge in [0.1, 0.15) is 0 Å². The lowest BCUT2D eigenvalue weighted by atomic mass is 10.1. The summed E-state index contributed by atoms with van der Waals surface area (Å²) in [6.45, 7) is 7.64. The van der Waals surface area contributed by atoms with Gasteiger partial charge in [-0.2, -0.15) is 0 Å². The quantitative estimate of drug-likeness (QED) is 0.749. The van der Waals surface area contributed by atoms with E-state index in [9.17, 15) is 0 Å². The zero-order valence-corrected chi connectivity index (χ0v) is 11.3. The third-order valence-corrected chi connectivity index (χ3v) is 2.93. The predicted molar refractivity (Wildman–Crippen MR) is 72.9 cm³/mol. The minimum Gasteiger partial charge on any atom is -0.315 e. The van der Waals surface area contributed by atoms with Crippen LogP contribution in [0.2, 0.25) is 0 Å². The molecule has 0 aromatic carbocycles. The van der Waals surface area contributed by atoms with Crippen molar-refractivity contribution in [1.82, 2.24) is 15.2 Å². The zero-order valence-electron chi connectivity index (χ0n) is 11.3. The van der Waals surface area contributed by atoms with Crippen molar-refractivity contribution in [3.63, 3.8) is 0 Å². The molecule has 1 aromatic heterocycles. The van der Waals surface area contributed by atoms with Crippen LogP contribution in [0.3, 0.4) is 0 Å². The maximum Gasteiger partial charge on any atom is 0.0271 e. The van der Waals surface area contributed by atoms with Crippen molar-refractivity contribution in [3.05, 3.63) is 30.1 Å². The van der Waals surface area contributed by atoms with Crippen molar-refractivity contribution in [2.45, 2.75) is 39.3 Å². The summed E-state index contributed by atoms with van der Waals surface area (Å²) in [5.41, 5.74) is 1.34. The molecular formula is C14H25N3. The van der Waals surface area contributed by atoms with E-state index in [1.54, 1.807) is 0 Å². The molecule has 3 heteroatoms. The fourth-order valence-corrected chi connectivity index (χ4v) is 2.00. The highest BCUT2D eigenvalue weighted by atomic mass is 15.1. The van der Waals surface area contributed by atoms with E-state index in [2.05, 4.69) is 48.2 Å². The van der Waals surface area contributed by atoms with Gasteiger partial charge >= 0.3 is 0 Å². The molecule has 1 unspecified atom stereocenters. The first-order valence-corrected chi connectivity index (χ1v) is 6.53. The Labute approximate surface area is 105 Å². The van der Waals surface area contributed by atoms with Gasteiger partial charge in [0.25, 0.3) is 0 Å². The molecule has 0 aliphatic rings. The molecule has 0 saturated carbocycles. The van der Waals surface area contributed by atoms with Crippen molar-refractivity contribution in [3.8, 4) is 0 Å². The SMILES string of the molecule is CCNC(C)CCCN(C)Cc1ccncc1. The lowest BCUT2D eigenvalue weighted by Gasteiger charge is -2.18. The normalized spacial score (nSPS) is 12.9. The molecule has 0 saturated heterocycles. The van der Waals surface area contributed by atoms with Gasteiger partial charge in [0.15, 0.2) is 0 Å². The molecule has 0 amide bonds. The fourth-order valence-electron chi connectivity index (χ4n) is 2.00. The first kappa shape index (κ1) is 14.1. The molecule has 0 fully saturated rings. The molecule has 1 N–H and O–H groups in total. The van der Waals surface area contributed by atoms with Gasteiger partial charge in [-0.1, -0.05) is 6.92 Å². The van der Waals surface area contributed by atoms with Gasteiger partial charge in [0.05, 0.1) is 0 Å². The highest BCUT2D eigenvalue weighted by Gasteiger charge is 2.02. The number of nitrogens with one attached hydrogen (secondary N) is 1. The third-order valence-electron chi connectivity index (χ3n) is 2.93. The zero-order chi connectivity index (χ0) is 12.5. The molecule has 0 radical (unpaired) electrons. The van der Waals surface area contributed by atoms with E-state index >= 15 is 0 Å². The average molecular weight is 235 g/mol. The lowest BCUT2D eigenvalue weighted by Crippen LogP contribution is -2.27. The van der Waals surface area contributed by atoms with Gasteiger partial charge in [-0.3, -0.25) is 4.98 Å². The molecule has 0 bridgehead atoms. The number of hydrogen-bond acceptors (Lipinski definition) is 3. The Bertz CT molecular complexity index is 287. The Morgan fingerprint density at radius 2 is 2.06 bits per heavy atom. The molecule has 3 nitrogen and oxygen atoms in total. The maximum atomic E-state index is 4.03. The molecule has 0 aliphatic heterocycles. The Balaban J connectivity index is 2.15. The van der Waals surface area contributed by atoms with Crippen molar-refractivity contribution >= 4 is 0 Å². The Hall–Kier alpha value is -0.930. The smallest absolute Gasteiger partial charge is 0.0271 e. The topological polar surface area (TPSA) is 28.2 Å². The molecule has 1 heterocycles. The number of nitrogens with zero attached hydrogens (tertiary/aromatic N) is 2. The van der Waals surface area contributed by atoms with Crippen LogP contribution in [0.15, 0.2) is 24.5 Å². The molecule has 1 aromatic rings. The van der Waals surface area contributed by atoms with Crippen LogP contribution in [0.25, 0.3) is 0 Å². The van der Waals surface area contributed by atoms with Crippen LogP contribution in [-0.2, 0) is 6.54 Å². The summed E-state index contributed by atoms with van der Waals surface area (Å²) < 4.78 is 0. The minimum atomic E-state index is 0.634. The predicted octanol–water partition coefficient (Wildman–Crippen LogP) is 2.29. The molecule has 1 atom stereocenters. The van der Waals surface area contributed by atoms with Gasteiger partial charge in [-0.15, -0.1) is 0 Å². The summed E-state index contributed by atoms with van der Waals surface area (Å²) >= 11 is 0. The van der Waals surface area contributed by atoms with Crippen LogP contribution in [0.4, 0.5) is 0 Å². The molecule has 0 spiro atoms. The monoisotopic (exact) mass is 235 g/mol. The van der Waals surface area contributed by atoms with E-state index in [1.165, 1.54) is 18.4 Å². The fraction of sp³-hybridized carbons (Fsp3) is 0.643. The van der Waals surface area contributed by atoms with E-state index in [1.807, 2.05) is 12.4 Å². The van der Waals surface area contributed by atoms with Gasteiger partial charge in [0.2, 0.25) is 0 Å². The second kappa shape index (κ2) is 8.20. The minimum absolute atomic E-state index is 0.634. The Kier molecular flexibility index (Phi) is 6.82. The second-order valence-corrected chi connectivity index (χ2v) is 4.69. The number of hydrogen-bond donors (Lipinski definition) is 1. The number of pyridine rings is 1.